The van der Waals surface area contributed by atoms with Crippen LogP contribution in [-0.4, -0.2) is 57.7 Å². The third kappa shape index (κ3) is 9.29. The van der Waals surface area contributed by atoms with E-state index in [0.29, 0.717) is 5.75 Å². The van der Waals surface area contributed by atoms with Crippen molar-refractivity contribution in [1.29, 1.82) is 0 Å². The Balaban J connectivity index is 0.000000567. The second-order valence-electron chi connectivity index (χ2n) is 4.13. The lowest BCUT2D eigenvalue weighted by molar-refractivity contribution is 0.172. The van der Waals surface area contributed by atoms with Crippen LogP contribution in [0, 0.1) is 0 Å². The third-order valence-corrected chi connectivity index (χ3v) is 3.69. The largest absolute Gasteiger partial charge is 0.726 e. The minimum atomic E-state index is -4.41. The third-order valence-electron chi connectivity index (χ3n) is 2.07. The van der Waals surface area contributed by atoms with E-state index in [1.807, 2.05) is 24.3 Å². The Morgan fingerprint density at radius 1 is 1.19 bits per heavy atom. The first-order valence-corrected chi connectivity index (χ1v) is 9.02. The molecular formula is C12H19NO6S2. The zero-order valence-corrected chi connectivity index (χ0v) is 14.2. The van der Waals surface area contributed by atoms with Gasteiger partial charge in [0.25, 0.3) is 0 Å². The van der Waals surface area contributed by atoms with E-state index in [-0.39, 0.29) is 17.0 Å². The van der Waals surface area contributed by atoms with Gasteiger partial charge in [-0.1, -0.05) is 0 Å². The summed E-state index contributed by atoms with van der Waals surface area (Å²) in [6.45, 7) is 0. The van der Waals surface area contributed by atoms with Crippen LogP contribution in [-0.2, 0) is 25.5 Å². The van der Waals surface area contributed by atoms with Crippen molar-refractivity contribution in [3.8, 4) is 5.75 Å². The van der Waals surface area contributed by atoms with Crippen LogP contribution in [0.5, 0.6) is 5.75 Å². The van der Waals surface area contributed by atoms with Crippen molar-refractivity contribution in [3.63, 3.8) is 0 Å². The van der Waals surface area contributed by atoms with Gasteiger partial charge in [-0.05, 0) is 24.3 Å². The van der Waals surface area contributed by atoms with Crippen LogP contribution in [0.2, 0.25) is 0 Å². The van der Waals surface area contributed by atoms with Gasteiger partial charge in [0.05, 0.1) is 7.11 Å². The first kappa shape index (κ1) is 19.7. The van der Waals surface area contributed by atoms with Gasteiger partial charge in [-0.25, -0.2) is 13.2 Å². The molecule has 120 valence electrons. The monoisotopic (exact) mass is 337 g/mol. The zero-order valence-electron chi connectivity index (χ0n) is 12.5. The van der Waals surface area contributed by atoms with Gasteiger partial charge in [0.1, 0.15) is 18.3 Å². The van der Waals surface area contributed by atoms with Crippen molar-refractivity contribution in [2.75, 3.05) is 33.7 Å². The molecule has 1 aromatic carbocycles. The standard InChI is InChI=1S/C11H16NO2S.CH4O4S/c1-12(2)11(13)14-9-5-7-10(8-6-9)15(3)4;1-5-6(2,3)4/h5-8H,1-4H3;1H3,(H,2,3,4)/q+1;/p-1. The normalized spacial score (nSPS) is 10.6. The Morgan fingerprint density at radius 2 is 1.62 bits per heavy atom. The van der Waals surface area contributed by atoms with E-state index in [0.717, 1.165) is 7.11 Å². The molecule has 0 spiro atoms. The maximum atomic E-state index is 11.2. The van der Waals surface area contributed by atoms with Crippen molar-refractivity contribution < 1.29 is 26.7 Å². The first-order chi connectivity index (χ1) is 9.56. The van der Waals surface area contributed by atoms with E-state index in [2.05, 4.69) is 16.7 Å². The van der Waals surface area contributed by atoms with Gasteiger partial charge in [0, 0.05) is 25.0 Å². The lowest BCUT2D eigenvalue weighted by atomic mass is 10.3. The van der Waals surface area contributed by atoms with Crippen molar-refractivity contribution in [2.45, 2.75) is 4.90 Å². The van der Waals surface area contributed by atoms with Crippen molar-refractivity contribution >= 4 is 27.4 Å². The lowest BCUT2D eigenvalue weighted by Gasteiger charge is -2.10. The molecule has 0 N–H and O–H groups in total. The highest BCUT2D eigenvalue weighted by atomic mass is 32.3. The van der Waals surface area contributed by atoms with Gasteiger partial charge in [-0.15, -0.1) is 0 Å². The van der Waals surface area contributed by atoms with Crippen LogP contribution >= 0.6 is 0 Å². The smallest absolute Gasteiger partial charge is 0.414 e. The van der Waals surface area contributed by atoms with Crippen LogP contribution in [0.15, 0.2) is 29.2 Å². The predicted octanol–water partition coefficient (Wildman–Crippen LogP) is 1.08. The van der Waals surface area contributed by atoms with E-state index in [1.165, 1.54) is 9.80 Å². The molecule has 1 rings (SSSR count). The highest BCUT2D eigenvalue weighted by Crippen LogP contribution is 2.16. The molecule has 0 saturated heterocycles. The molecule has 0 heterocycles. The van der Waals surface area contributed by atoms with Crippen molar-refractivity contribution in [2.24, 2.45) is 0 Å². The fourth-order valence-electron chi connectivity index (χ4n) is 0.972. The maximum absolute atomic E-state index is 11.2. The highest BCUT2D eigenvalue weighted by Gasteiger charge is 2.10. The van der Waals surface area contributed by atoms with E-state index >= 15 is 0 Å². The van der Waals surface area contributed by atoms with Crippen LogP contribution in [0.25, 0.3) is 0 Å². The molecular weight excluding hydrogens is 318 g/mol. The number of hydrogen-bond acceptors (Lipinski definition) is 6. The molecule has 0 aliphatic heterocycles. The number of ether oxygens (including phenoxy) is 1. The minimum Gasteiger partial charge on any atom is -0.726 e. The number of carbonyl (C=O) groups is 1. The Hall–Kier alpha value is -1.29. The van der Waals surface area contributed by atoms with E-state index in [1.54, 1.807) is 14.1 Å². The predicted molar refractivity (Wildman–Crippen MR) is 80.3 cm³/mol. The zero-order chi connectivity index (χ0) is 16.6. The second kappa shape index (κ2) is 8.88. The molecule has 0 bridgehead atoms. The molecule has 0 radical (unpaired) electrons. The Kier molecular flexibility index (Phi) is 8.33. The van der Waals surface area contributed by atoms with Crippen LogP contribution in [0.4, 0.5) is 4.79 Å². The molecule has 0 aliphatic rings. The van der Waals surface area contributed by atoms with E-state index in [9.17, 15) is 17.8 Å². The number of benzene rings is 1. The van der Waals surface area contributed by atoms with Crippen LogP contribution in [0.1, 0.15) is 0 Å². The molecule has 0 fully saturated rings. The number of amides is 1. The number of rotatable bonds is 3. The summed E-state index contributed by atoms with van der Waals surface area (Å²) in [5.41, 5.74) is 0. The Bertz CT molecular complexity index is 539. The topological polar surface area (TPSA) is 96.0 Å². The summed E-state index contributed by atoms with van der Waals surface area (Å²) >= 11 is 0. The van der Waals surface area contributed by atoms with Crippen molar-refractivity contribution in [1.82, 2.24) is 4.90 Å². The number of nitrogens with zero attached hydrogens (tertiary/aromatic N) is 1. The summed E-state index contributed by atoms with van der Waals surface area (Å²) in [4.78, 5) is 13.9. The molecule has 1 amide bonds. The average molecular weight is 337 g/mol. The SMILES string of the molecule is CN(C)C(=O)Oc1ccc([S+](C)C)cc1.COS(=O)(=O)[O-]. The maximum Gasteiger partial charge on any atom is 0.414 e. The van der Waals surface area contributed by atoms with Gasteiger partial charge < -0.3 is 14.2 Å². The quantitative estimate of drug-likeness (QED) is 0.465. The van der Waals surface area contributed by atoms with Gasteiger partial charge in [0.2, 0.25) is 10.4 Å². The van der Waals surface area contributed by atoms with Crippen LogP contribution in [0.3, 0.4) is 0 Å². The average Bonchev–Trinajstić information content (AvgIpc) is 2.39. The van der Waals surface area contributed by atoms with Crippen molar-refractivity contribution in [3.05, 3.63) is 24.3 Å². The van der Waals surface area contributed by atoms with Gasteiger partial charge in [-0.3, -0.25) is 4.18 Å². The molecule has 21 heavy (non-hydrogen) atoms. The van der Waals surface area contributed by atoms with Gasteiger partial charge in [-0.2, -0.15) is 0 Å². The second-order valence-corrected chi connectivity index (χ2v) is 7.38. The van der Waals surface area contributed by atoms with E-state index < -0.39 is 10.4 Å². The summed E-state index contributed by atoms with van der Waals surface area (Å²) in [5, 5.41) is 0. The summed E-state index contributed by atoms with van der Waals surface area (Å²) in [6, 6.07) is 7.62. The molecule has 0 unspecified atom stereocenters. The molecule has 0 saturated carbocycles. The summed E-state index contributed by atoms with van der Waals surface area (Å²) in [7, 11) is -0.0459. The summed E-state index contributed by atoms with van der Waals surface area (Å²) in [6.07, 6.45) is 3.96. The molecule has 9 heteroatoms. The van der Waals surface area contributed by atoms with Crippen LogP contribution < -0.4 is 4.74 Å². The lowest BCUT2D eigenvalue weighted by Crippen LogP contribution is -2.25. The van der Waals surface area contributed by atoms with Gasteiger partial charge in [0.15, 0.2) is 4.90 Å². The summed E-state index contributed by atoms with van der Waals surface area (Å²) in [5.74, 6) is 0.586. The highest BCUT2D eigenvalue weighted by molar-refractivity contribution is 7.95. The fraction of sp³-hybridized carbons (Fsp3) is 0.417. The fourth-order valence-corrected chi connectivity index (χ4v) is 1.65. The summed E-state index contributed by atoms with van der Waals surface area (Å²) < 4.78 is 36.1. The number of hydrogen-bond donors (Lipinski definition) is 0. The molecule has 7 nitrogen and oxygen atoms in total. The molecule has 0 atom stereocenters. The minimum absolute atomic E-state index is 0.240. The first-order valence-electron chi connectivity index (χ1n) is 5.65. The Morgan fingerprint density at radius 3 is 1.90 bits per heavy atom. The van der Waals surface area contributed by atoms with Gasteiger partial charge >= 0.3 is 6.09 Å². The molecule has 1 aromatic rings. The molecule has 0 aromatic heterocycles. The van der Waals surface area contributed by atoms with E-state index in [4.69, 9.17) is 4.74 Å². The number of carbonyl (C=O) groups excluding carboxylic acids is 1. The Labute approximate surface area is 128 Å². The molecule has 0 aliphatic carbocycles.